The Bertz CT molecular complexity index is 1480. The van der Waals surface area contributed by atoms with Gasteiger partial charge in [0.05, 0.1) is 18.4 Å². The van der Waals surface area contributed by atoms with Crippen LogP contribution in [0.5, 0.6) is 11.5 Å². The summed E-state index contributed by atoms with van der Waals surface area (Å²) < 4.78 is 10.7. The van der Waals surface area contributed by atoms with Crippen molar-refractivity contribution in [3.8, 4) is 11.5 Å². The van der Waals surface area contributed by atoms with E-state index < -0.39 is 11.9 Å². The first-order chi connectivity index (χ1) is 17.5. The Morgan fingerprint density at radius 2 is 1.53 bits per heavy atom. The van der Waals surface area contributed by atoms with Gasteiger partial charge in [-0.2, -0.15) is 0 Å². The summed E-state index contributed by atoms with van der Waals surface area (Å²) in [5, 5.41) is 3.44. The molecule has 0 bridgehead atoms. The van der Waals surface area contributed by atoms with Crippen molar-refractivity contribution >= 4 is 23.2 Å². The van der Waals surface area contributed by atoms with Crippen molar-refractivity contribution in [3.05, 3.63) is 112 Å². The molecular formula is C30H23NO5. The molecule has 1 heterocycles. The predicted molar refractivity (Wildman–Crippen MR) is 134 cm³/mol. The van der Waals surface area contributed by atoms with Crippen molar-refractivity contribution in [2.45, 2.75) is 25.2 Å². The third kappa shape index (κ3) is 3.53. The van der Waals surface area contributed by atoms with Gasteiger partial charge in [0.15, 0.2) is 11.6 Å². The van der Waals surface area contributed by atoms with E-state index >= 15 is 0 Å². The van der Waals surface area contributed by atoms with Gasteiger partial charge in [-0.3, -0.25) is 9.59 Å². The van der Waals surface area contributed by atoms with Crippen molar-refractivity contribution in [2.24, 2.45) is 0 Å². The summed E-state index contributed by atoms with van der Waals surface area (Å²) in [4.78, 5) is 39.2. The third-order valence-corrected chi connectivity index (χ3v) is 7.01. The zero-order valence-corrected chi connectivity index (χ0v) is 19.7. The molecule has 1 N–H and O–H groups in total. The number of rotatable bonds is 4. The number of ketones is 2. The Kier molecular flexibility index (Phi) is 5.29. The average molecular weight is 478 g/mol. The smallest absolute Gasteiger partial charge is 0.343 e. The number of hydrogen-bond donors (Lipinski definition) is 1. The maximum absolute atomic E-state index is 13.5. The lowest BCUT2D eigenvalue weighted by molar-refractivity contribution is -0.116. The summed E-state index contributed by atoms with van der Waals surface area (Å²) >= 11 is 0. The molecule has 6 nitrogen and oxygen atoms in total. The number of nitrogens with one attached hydrogen (secondary N) is 1. The maximum Gasteiger partial charge on any atom is 0.343 e. The normalized spacial score (nSPS) is 18.3. The zero-order valence-electron chi connectivity index (χ0n) is 19.7. The Balaban J connectivity index is 1.34. The van der Waals surface area contributed by atoms with Crippen LogP contribution in [0, 0.1) is 0 Å². The topological polar surface area (TPSA) is 81.7 Å². The Labute approximate surface area is 208 Å². The SMILES string of the molecule is COc1ccc(C(=O)Oc2ccc([C@H]3C4=C(CCCC4=O)NC4=C3C(=O)c3ccccc34)cc2)cc1. The van der Waals surface area contributed by atoms with Crippen LogP contribution < -0.4 is 14.8 Å². The largest absolute Gasteiger partial charge is 0.497 e. The molecule has 1 aliphatic heterocycles. The van der Waals surface area contributed by atoms with Crippen LogP contribution in [-0.2, 0) is 4.79 Å². The minimum Gasteiger partial charge on any atom is -0.497 e. The first-order valence-electron chi connectivity index (χ1n) is 11.9. The minimum atomic E-state index is -0.480. The predicted octanol–water partition coefficient (Wildman–Crippen LogP) is 5.22. The van der Waals surface area contributed by atoms with Gasteiger partial charge in [-0.25, -0.2) is 4.79 Å². The van der Waals surface area contributed by atoms with Crippen LogP contribution in [0.3, 0.4) is 0 Å². The van der Waals surface area contributed by atoms with Crippen molar-refractivity contribution in [3.63, 3.8) is 0 Å². The van der Waals surface area contributed by atoms with Gasteiger partial charge in [0.25, 0.3) is 0 Å². The number of Topliss-reactive ketones (excluding diaryl/α,β-unsaturated/α-hetero) is 2. The first kappa shape index (κ1) is 22.0. The number of esters is 1. The zero-order chi connectivity index (χ0) is 24.8. The van der Waals surface area contributed by atoms with Gasteiger partial charge < -0.3 is 14.8 Å². The van der Waals surface area contributed by atoms with Crippen LogP contribution in [0.1, 0.15) is 57.0 Å². The second-order valence-electron chi connectivity index (χ2n) is 9.08. The average Bonchev–Trinajstić information content (AvgIpc) is 3.20. The van der Waals surface area contributed by atoms with Gasteiger partial charge in [0.2, 0.25) is 0 Å². The summed E-state index contributed by atoms with van der Waals surface area (Å²) in [7, 11) is 1.56. The number of dihydropyridines is 1. The molecule has 0 saturated heterocycles. The fourth-order valence-electron chi connectivity index (χ4n) is 5.29. The lowest BCUT2D eigenvalue weighted by Gasteiger charge is -2.33. The van der Waals surface area contributed by atoms with Crippen molar-refractivity contribution < 1.29 is 23.9 Å². The van der Waals surface area contributed by atoms with E-state index in [0.29, 0.717) is 40.2 Å². The summed E-state index contributed by atoms with van der Waals surface area (Å²) in [6.45, 7) is 0. The van der Waals surface area contributed by atoms with Crippen LogP contribution in [0.25, 0.3) is 5.70 Å². The van der Waals surface area contributed by atoms with Crippen molar-refractivity contribution in [1.29, 1.82) is 0 Å². The molecule has 0 amide bonds. The highest BCUT2D eigenvalue weighted by atomic mass is 16.5. The number of carbonyl (C=O) groups excluding carboxylic acids is 3. The highest BCUT2D eigenvalue weighted by Gasteiger charge is 2.43. The van der Waals surface area contributed by atoms with Gasteiger partial charge in [0, 0.05) is 40.3 Å². The molecule has 0 radical (unpaired) electrons. The van der Waals surface area contributed by atoms with E-state index in [-0.39, 0.29) is 11.6 Å². The summed E-state index contributed by atoms with van der Waals surface area (Å²) in [6.07, 6.45) is 2.02. The van der Waals surface area contributed by atoms with E-state index in [1.807, 2.05) is 36.4 Å². The second kappa shape index (κ2) is 8.64. The summed E-state index contributed by atoms with van der Waals surface area (Å²) in [5.41, 5.74) is 5.72. The third-order valence-electron chi connectivity index (χ3n) is 7.01. The van der Waals surface area contributed by atoms with Gasteiger partial charge in [-0.1, -0.05) is 36.4 Å². The lowest BCUT2D eigenvalue weighted by Crippen LogP contribution is -2.31. The van der Waals surface area contributed by atoms with E-state index in [0.717, 1.165) is 35.4 Å². The first-order valence-corrected chi connectivity index (χ1v) is 11.9. The Hall–Kier alpha value is -4.45. The fraction of sp³-hybridized carbons (Fsp3) is 0.167. The van der Waals surface area contributed by atoms with Crippen LogP contribution in [0.2, 0.25) is 0 Å². The molecule has 1 atom stereocenters. The van der Waals surface area contributed by atoms with Crippen LogP contribution >= 0.6 is 0 Å². The van der Waals surface area contributed by atoms with Crippen LogP contribution in [0.4, 0.5) is 0 Å². The molecule has 0 aromatic heterocycles. The molecule has 0 saturated carbocycles. The molecule has 36 heavy (non-hydrogen) atoms. The standard InChI is InChI=1S/C30H23NO5/c1-35-19-13-11-18(12-14-19)30(34)36-20-15-9-17(10-16-20)25-26-23(7-4-8-24(26)32)31-28-21-5-2-3-6-22(21)29(33)27(25)28/h2-3,5-6,9-16,25,31H,4,7-8H2,1H3/t25-/m0/s1. The second-order valence-corrected chi connectivity index (χ2v) is 9.08. The summed E-state index contributed by atoms with van der Waals surface area (Å²) in [5.74, 6) is 0.104. The molecule has 0 fully saturated rings. The van der Waals surface area contributed by atoms with Crippen LogP contribution in [0.15, 0.2) is 89.6 Å². The number of hydrogen-bond acceptors (Lipinski definition) is 6. The van der Waals surface area contributed by atoms with Gasteiger partial charge in [0.1, 0.15) is 11.5 Å². The molecule has 6 rings (SSSR count). The maximum atomic E-state index is 13.5. The number of benzene rings is 3. The Morgan fingerprint density at radius 1 is 0.833 bits per heavy atom. The Morgan fingerprint density at radius 3 is 2.25 bits per heavy atom. The van der Waals surface area contributed by atoms with E-state index in [1.165, 1.54) is 0 Å². The molecular weight excluding hydrogens is 454 g/mol. The molecule has 3 aliphatic rings. The highest BCUT2D eigenvalue weighted by molar-refractivity contribution is 6.23. The van der Waals surface area contributed by atoms with E-state index in [4.69, 9.17) is 9.47 Å². The van der Waals surface area contributed by atoms with Crippen molar-refractivity contribution in [2.75, 3.05) is 7.11 Å². The van der Waals surface area contributed by atoms with E-state index in [2.05, 4.69) is 5.32 Å². The number of fused-ring (bicyclic) bond motifs is 2. The minimum absolute atomic E-state index is 0.0574. The summed E-state index contributed by atoms with van der Waals surface area (Å²) in [6, 6.07) is 21.3. The molecule has 178 valence electrons. The number of allylic oxidation sites excluding steroid dienone is 3. The lowest BCUT2D eigenvalue weighted by atomic mass is 9.75. The quantitative estimate of drug-likeness (QED) is 0.410. The van der Waals surface area contributed by atoms with E-state index in [9.17, 15) is 14.4 Å². The van der Waals surface area contributed by atoms with Gasteiger partial charge >= 0.3 is 5.97 Å². The molecule has 3 aromatic rings. The fourth-order valence-corrected chi connectivity index (χ4v) is 5.29. The number of methoxy groups -OCH3 is 1. The molecule has 2 aliphatic carbocycles. The van der Waals surface area contributed by atoms with E-state index in [1.54, 1.807) is 43.5 Å². The highest BCUT2D eigenvalue weighted by Crippen LogP contribution is 2.48. The molecule has 0 unspecified atom stereocenters. The van der Waals surface area contributed by atoms with Crippen molar-refractivity contribution in [1.82, 2.24) is 5.32 Å². The van der Waals surface area contributed by atoms with Gasteiger partial charge in [-0.15, -0.1) is 0 Å². The monoisotopic (exact) mass is 477 g/mol. The number of carbonyl (C=O) groups is 3. The number of ether oxygens (including phenoxy) is 2. The van der Waals surface area contributed by atoms with Crippen LogP contribution in [-0.4, -0.2) is 24.6 Å². The molecule has 6 heteroatoms. The molecule has 0 spiro atoms. The molecule has 3 aromatic carbocycles. The van der Waals surface area contributed by atoms with Gasteiger partial charge in [-0.05, 0) is 54.8 Å².